The summed E-state index contributed by atoms with van der Waals surface area (Å²) in [4.78, 5) is 30.5. The lowest BCUT2D eigenvalue weighted by molar-refractivity contribution is -0.133. The lowest BCUT2D eigenvalue weighted by Crippen LogP contribution is -2.48. The second kappa shape index (κ2) is 10.4. The van der Waals surface area contributed by atoms with Gasteiger partial charge in [0.25, 0.3) is 5.56 Å². The largest absolute Gasteiger partial charge is 0.339 e. The smallest absolute Gasteiger partial charge is 0.275 e. The standard InChI is InChI=1S/C27H33N5O4S/c1-20-10-11-21(18-24(20)37(35,36)31-12-6-3-7-13-31)26-22-8-4-5-9-23(22)27(34)32(28-26)19-25(33)30-16-14-29(2)15-17-30/h4-5,8-11,18H,3,6-7,12-17,19H2,1-2H3. The number of carbonyl (C=O) groups excluding carboxylic acids is 1. The third kappa shape index (κ3) is 5.05. The molecule has 2 aliphatic heterocycles. The van der Waals surface area contributed by atoms with Crippen LogP contribution in [0.2, 0.25) is 0 Å². The number of likely N-dealkylation sites (N-methyl/N-ethyl adjacent to an activating group) is 1. The van der Waals surface area contributed by atoms with Crippen LogP contribution in [-0.2, 0) is 21.4 Å². The van der Waals surface area contributed by atoms with Crippen LogP contribution in [0.1, 0.15) is 24.8 Å². The van der Waals surface area contributed by atoms with Crippen molar-refractivity contribution in [3.05, 3.63) is 58.4 Å². The van der Waals surface area contributed by atoms with Crippen LogP contribution >= 0.6 is 0 Å². The normalized spacial score (nSPS) is 17.8. The van der Waals surface area contributed by atoms with Gasteiger partial charge in [0.05, 0.1) is 16.0 Å². The molecule has 0 atom stereocenters. The quantitative estimate of drug-likeness (QED) is 0.509. The minimum atomic E-state index is -3.66. The van der Waals surface area contributed by atoms with Crippen LogP contribution in [0.25, 0.3) is 22.0 Å². The van der Waals surface area contributed by atoms with Gasteiger partial charge in [-0.05, 0) is 44.5 Å². The highest BCUT2D eigenvalue weighted by atomic mass is 32.2. The molecule has 0 bridgehead atoms. The number of aromatic nitrogens is 2. The zero-order valence-electron chi connectivity index (χ0n) is 21.4. The fourth-order valence-corrected chi connectivity index (χ4v) is 6.88. The molecular weight excluding hydrogens is 490 g/mol. The van der Waals surface area contributed by atoms with E-state index < -0.39 is 10.0 Å². The predicted molar refractivity (Wildman–Crippen MR) is 143 cm³/mol. The molecule has 0 spiro atoms. The zero-order chi connectivity index (χ0) is 26.2. The van der Waals surface area contributed by atoms with Crippen LogP contribution < -0.4 is 5.56 Å². The Kier molecular flexibility index (Phi) is 7.15. The fourth-order valence-electron chi connectivity index (χ4n) is 5.11. The number of rotatable bonds is 5. The van der Waals surface area contributed by atoms with Gasteiger partial charge in [-0.1, -0.05) is 36.8 Å². The highest BCUT2D eigenvalue weighted by Crippen LogP contribution is 2.30. The van der Waals surface area contributed by atoms with E-state index in [0.717, 1.165) is 32.4 Å². The first-order valence-electron chi connectivity index (χ1n) is 12.8. The van der Waals surface area contributed by atoms with Crippen molar-refractivity contribution in [3.8, 4) is 11.3 Å². The van der Waals surface area contributed by atoms with Crippen LogP contribution in [0, 0.1) is 6.92 Å². The van der Waals surface area contributed by atoms with Gasteiger partial charge in [0.15, 0.2) is 0 Å². The molecule has 37 heavy (non-hydrogen) atoms. The molecule has 10 heteroatoms. The molecule has 3 aromatic rings. The summed E-state index contributed by atoms with van der Waals surface area (Å²) in [6, 6.07) is 12.4. The van der Waals surface area contributed by atoms with Crippen molar-refractivity contribution in [1.82, 2.24) is 23.9 Å². The molecule has 2 saturated heterocycles. The average molecular weight is 524 g/mol. The number of hydrogen-bond donors (Lipinski definition) is 0. The second-order valence-corrected chi connectivity index (χ2v) is 11.9. The summed E-state index contributed by atoms with van der Waals surface area (Å²) in [7, 11) is -1.64. The molecule has 196 valence electrons. The summed E-state index contributed by atoms with van der Waals surface area (Å²) in [5.74, 6) is -0.152. The summed E-state index contributed by atoms with van der Waals surface area (Å²) in [6.45, 7) is 5.47. The van der Waals surface area contributed by atoms with E-state index in [4.69, 9.17) is 0 Å². The summed E-state index contributed by atoms with van der Waals surface area (Å²) < 4.78 is 29.8. The number of piperidine rings is 1. The molecule has 0 aliphatic carbocycles. The molecule has 1 aromatic heterocycles. The van der Waals surface area contributed by atoms with E-state index in [0.29, 0.717) is 53.8 Å². The van der Waals surface area contributed by atoms with E-state index in [1.165, 1.54) is 4.68 Å². The van der Waals surface area contributed by atoms with Crippen molar-refractivity contribution in [2.24, 2.45) is 0 Å². The summed E-state index contributed by atoms with van der Waals surface area (Å²) in [6.07, 6.45) is 2.75. The van der Waals surface area contributed by atoms with Gasteiger partial charge in [-0.15, -0.1) is 0 Å². The zero-order valence-corrected chi connectivity index (χ0v) is 22.2. The number of sulfonamides is 1. The van der Waals surface area contributed by atoms with Gasteiger partial charge in [-0.25, -0.2) is 13.1 Å². The molecule has 0 radical (unpaired) electrons. The number of amides is 1. The molecule has 0 N–H and O–H groups in total. The van der Waals surface area contributed by atoms with Crippen molar-refractivity contribution in [3.63, 3.8) is 0 Å². The maximum Gasteiger partial charge on any atom is 0.275 e. The van der Waals surface area contributed by atoms with Crippen molar-refractivity contribution in [1.29, 1.82) is 0 Å². The maximum absolute atomic E-state index is 13.5. The van der Waals surface area contributed by atoms with E-state index in [1.807, 2.05) is 25.2 Å². The van der Waals surface area contributed by atoms with Crippen LogP contribution in [0.4, 0.5) is 0 Å². The number of piperazine rings is 1. The van der Waals surface area contributed by atoms with E-state index in [9.17, 15) is 18.0 Å². The lowest BCUT2D eigenvalue weighted by atomic mass is 10.0. The molecule has 5 rings (SSSR count). The molecule has 0 unspecified atom stereocenters. The van der Waals surface area contributed by atoms with Gasteiger partial charge >= 0.3 is 0 Å². The van der Waals surface area contributed by atoms with E-state index >= 15 is 0 Å². The van der Waals surface area contributed by atoms with Gasteiger partial charge in [-0.3, -0.25) is 9.59 Å². The Labute approximate surface area is 217 Å². The van der Waals surface area contributed by atoms with Crippen molar-refractivity contribution < 1.29 is 13.2 Å². The minimum absolute atomic E-state index is 0.152. The first kappa shape index (κ1) is 25.6. The molecule has 3 heterocycles. The monoisotopic (exact) mass is 523 g/mol. The van der Waals surface area contributed by atoms with Gasteiger partial charge in [0.2, 0.25) is 15.9 Å². The minimum Gasteiger partial charge on any atom is -0.339 e. The summed E-state index contributed by atoms with van der Waals surface area (Å²) in [5, 5.41) is 5.69. The Morgan fingerprint density at radius 3 is 2.30 bits per heavy atom. The highest BCUT2D eigenvalue weighted by Gasteiger charge is 2.28. The Hall–Kier alpha value is -3.08. The Morgan fingerprint density at radius 1 is 0.919 bits per heavy atom. The number of fused-ring (bicyclic) bond motifs is 1. The summed E-state index contributed by atoms with van der Waals surface area (Å²) in [5.41, 5.74) is 1.40. The SMILES string of the molecule is Cc1ccc(-c2nn(CC(=O)N3CCN(C)CC3)c(=O)c3ccccc23)cc1S(=O)(=O)N1CCCCC1. The number of aryl methyl sites for hydroxylation is 1. The van der Waals surface area contributed by atoms with Crippen LogP contribution in [-0.4, -0.2) is 84.5 Å². The Morgan fingerprint density at radius 2 is 1.59 bits per heavy atom. The van der Waals surface area contributed by atoms with Gasteiger partial charge in [0, 0.05) is 50.2 Å². The van der Waals surface area contributed by atoms with Crippen LogP contribution in [0.3, 0.4) is 0 Å². The first-order valence-corrected chi connectivity index (χ1v) is 14.3. The van der Waals surface area contributed by atoms with Crippen molar-refractivity contribution >= 4 is 26.7 Å². The molecule has 1 amide bonds. The molecule has 2 aliphatic rings. The highest BCUT2D eigenvalue weighted by molar-refractivity contribution is 7.89. The van der Waals surface area contributed by atoms with Gasteiger partial charge in [-0.2, -0.15) is 9.40 Å². The first-order chi connectivity index (χ1) is 17.8. The molecular formula is C27H33N5O4S. The molecule has 2 fully saturated rings. The molecule has 9 nitrogen and oxygen atoms in total. The number of nitrogens with zero attached hydrogens (tertiary/aromatic N) is 5. The van der Waals surface area contributed by atoms with E-state index in [1.54, 1.807) is 40.4 Å². The molecule has 0 saturated carbocycles. The maximum atomic E-state index is 13.5. The Bertz CT molecular complexity index is 1490. The van der Waals surface area contributed by atoms with Crippen LogP contribution in [0.5, 0.6) is 0 Å². The third-order valence-electron chi connectivity index (χ3n) is 7.40. The second-order valence-electron chi connectivity index (χ2n) is 9.99. The predicted octanol–water partition coefficient (Wildman–Crippen LogP) is 2.32. The van der Waals surface area contributed by atoms with Crippen molar-refractivity contribution in [2.75, 3.05) is 46.3 Å². The third-order valence-corrected chi connectivity index (χ3v) is 9.44. The fraction of sp³-hybridized carbons (Fsp3) is 0.444. The summed E-state index contributed by atoms with van der Waals surface area (Å²) >= 11 is 0. The van der Waals surface area contributed by atoms with Crippen molar-refractivity contribution in [2.45, 2.75) is 37.6 Å². The number of hydrogen-bond acceptors (Lipinski definition) is 6. The number of benzene rings is 2. The van der Waals surface area contributed by atoms with Crippen LogP contribution in [0.15, 0.2) is 52.2 Å². The average Bonchev–Trinajstić information content (AvgIpc) is 2.91. The van der Waals surface area contributed by atoms with E-state index in [-0.39, 0.29) is 22.9 Å². The molecule has 2 aromatic carbocycles. The van der Waals surface area contributed by atoms with E-state index in [2.05, 4.69) is 10.00 Å². The number of carbonyl (C=O) groups is 1. The topological polar surface area (TPSA) is 95.8 Å². The lowest BCUT2D eigenvalue weighted by Gasteiger charge is -2.32. The Balaban J connectivity index is 1.57. The van der Waals surface area contributed by atoms with Gasteiger partial charge in [0.1, 0.15) is 6.54 Å². The van der Waals surface area contributed by atoms with Gasteiger partial charge < -0.3 is 9.80 Å².